The van der Waals surface area contributed by atoms with E-state index in [2.05, 4.69) is 15.4 Å². The molecule has 0 bridgehead atoms. The molecule has 1 atom stereocenters. The summed E-state index contributed by atoms with van der Waals surface area (Å²) in [5.41, 5.74) is 0.744. The van der Waals surface area contributed by atoms with Gasteiger partial charge in [-0.25, -0.2) is 0 Å². The van der Waals surface area contributed by atoms with Crippen molar-refractivity contribution in [2.75, 3.05) is 0 Å². The summed E-state index contributed by atoms with van der Waals surface area (Å²) in [5.74, 6) is 0.191. The fraction of sp³-hybridized carbons (Fsp3) is 0.385. The highest BCUT2D eigenvalue weighted by molar-refractivity contribution is 6.33. The van der Waals surface area contributed by atoms with E-state index in [1.807, 2.05) is 25.1 Å². The Hall–Kier alpha value is -1.95. The second-order valence-corrected chi connectivity index (χ2v) is 4.80. The number of aryl methyl sites for hydroxylation is 1. The van der Waals surface area contributed by atoms with Crippen LogP contribution in [0.1, 0.15) is 20.3 Å². The molecule has 0 amide bonds. The van der Waals surface area contributed by atoms with Crippen molar-refractivity contribution in [3.63, 3.8) is 0 Å². The first-order chi connectivity index (χ1) is 9.56. The lowest BCUT2D eigenvalue weighted by Crippen LogP contribution is -2.16. The van der Waals surface area contributed by atoms with Crippen molar-refractivity contribution < 1.29 is 9.53 Å². The predicted molar refractivity (Wildman–Crippen MR) is 74.1 cm³/mol. The molecule has 0 N–H and O–H groups in total. The number of ether oxygens (including phenoxy) is 1. The Bertz CT molecular complexity index is 600. The van der Waals surface area contributed by atoms with Crippen molar-refractivity contribution in [2.24, 2.45) is 0 Å². The Morgan fingerprint density at radius 2 is 2.20 bits per heavy atom. The molecular formula is C13H15ClN4O2. The van der Waals surface area contributed by atoms with Crippen LogP contribution in [0.15, 0.2) is 24.3 Å². The molecule has 7 heteroatoms. The van der Waals surface area contributed by atoms with E-state index in [0.29, 0.717) is 23.8 Å². The molecular weight excluding hydrogens is 280 g/mol. The largest absolute Gasteiger partial charge is 0.463 e. The van der Waals surface area contributed by atoms with Crippen LogP contribution in [0.25, 0.3) is 11.4 Å². The molecule has 1 aromatic carbocycles. The van der Waals surface area contributed by atoms with Crippen LogP contribution in [0.2, 0.25) is 5.02 Å². The molecule has 0 fully saturated rings. The fourth-order valence-electron chi connectivity index (χ4n) is 1.73. The number of tetrazole rings is 1. The number of hydrogen-bond acceptors (Lipinski definition) is 5. The quantitative estimate of drug-likeness (QED) is 0.792. The molecule has 0 aliphatic heterocycles. The van der Waals surface area contributed by atoms with E-state index in [0.717, 1.165) is 5.56 Å². The van der Waals surface area contributed by atoms with Gasteiger partial charge in [-0.1, -0.05) is 23.7 Å². The van der Waals surface area contributed by atoms with Crippen LogP contribution in [0, 0.1) is 0 Å². The summed E-state index contributed by atoms with van der Waals surface area (Å²) in [5, 5.41) is 12.8. The van der Waals surface area contributed by atoms with Crippen LogP contribution in [0.4, 0.5) is 0 Å². The molecule has 0 unspecified atom stereocenters. The van der Waals surface area contributed by atoms with Gasteiger partial charge in [0.25, 0.3) is 0 Å². The Labute approximate surface area is 121 Å². The summed E-state index contributed by atoms with van der Waals surface area (Å²) in [6.07, 6.45) is 0.444. The van der Waals surface area contributed by atoms with Gasteiger partial charge in [0.15, 0.2) is 0 Å². The van der Waals surface area contributed by atoms with E-state index in [4.69, 9.17) is 16.3 Å². The molecule has 2 aromatic rings. The summed E-state index contributed by atoms with van der Waals surface area (Å²) in [6.45, 7) is 3.74. The van der Waals surface area contributed by atoms with Crippen LogP contribution in [-0.4, -0.2) is 32.3 Å². The standard InChI is InChI=1S/C13H15ClN4O2/c1-9(20-10(2)19)7-8-18-16-13(15-17-18)11-5-3-4-6-12(11)14/h3-6,9H,7-8H2,1-2H3/t9-/m0/s1. The number of hydrogen-bond donors (Lipinski definition) is 0. The van der Waals surface area contributed by atoms with Crippen molar-refractivity contribution in [3.05, 3.63) is 29.3 Å². The first kappa shape index (κ1) is 14.5. The van der Waals surface area contributed by atoms with Crippen molar-refractivity contribution in [1.29, 1.82) is 0 Å². The van der Waals surface area contributed by atoms with Crippen LogP contribution in [0.3, 0.4) is 0 Å². The number of rotatable bonds is 5. The predicted octanol–water partition coefficient (Wildman–Crippen LogP) is 2.34. The number of benzene rings is 1. The molecule has 106 valence electrons. The third kappa shape index (κ3) is 3.77. The average molecular weight is 295 g/mol. The average Bonchev–Trinajstić information content (AvgIpc) is 2.85. The van der Waals surface area contributed by atoms with Gasteiger partial charge in [-0.2, -0.15) is 4.80 Å². The van der Waals surface area contributed by atoms with E-state index in [9.17, 15) is 4.79 Å². The van der Waals surface area contributed by atoms with Gasteiger partial charge in [0.05, 0.1) is 11.6 Å². The SMILES string of the molecule is CC(=O)O[C@@H](C)CCn1nnc(-c2ccccc2Cl)n1. The maximum atomic E-state index is 10.8. The van der Waals surface area contributed by atoms with E-state index in [1.165, 1.54) is 11.7 Å². The highest BCUT2D eigenvalue weighted by Gasteiger charge is 2.11. The third-order valence-corrected chi connectivity index (χ3v) is 3.00. The van der Waals surface area contributed by atoms with Crippen LogP contribution < -0.4 is 0 Å². The normalized spacial score (nSPS) is 12.2. The van der Waals surface area contributed by atoms with Crippen molar-refractivity contribution in [2.45, 2.75) is 32.9 Å². The van der Waals surface area contributed by atoms with Crippen molar-refractivity contribution >= 4 is 17.6 Å². The van der Waals surface area contributed by atoms with Crippen LogP contribution >= 0.6 is 11.6 Å². The van der Waals surface area contributed by atoms with Gasteiger partial charge in [-0.3, -0.25) is 4.79 Å². The number of nitrogens with zero attached hydrogens (tertiary/aromatic N) is 4. The summed E-state index contributed by atoms with van der Waals surface area (Å²) in [7, 11) is 0. The zero-order valence-corrected chi connectivity index (χ0v) is 12.0. The van der Waals surface area contributed by atoms with Gasteiger partial charge in [0.2, 0.25) is 5.82 Å². The van der Waals surface area contributed by atoms with Gasteiger partial charge in [-0.15, -0.1) is 10.2 Å². The maximum Gasteiger partial charge on any atom is 0.302 e. The maximum absolute atomic E-state index is 10.8. The van der Waals surface area contributed by atoms with Gasteiger partial charge in [-0.05, 0) is 24.3 Å². The topological polar surface area (TPSA) is 69.9 Å². The molecule has 0 radical (unpaired) electrons. The first-order valence-corrected chi connectivity index (χ1v) is 6.64. The zero-order chi connectivity index (χ0) is 14.5. The molecule has 20 heavy (non-hydrogen) atoms. The first-order valence-electron chi connectivity index (χ1n) is 6.26. The molecule has 1 heterocycles. The highest BCUT2D eigenvalue weighted by atomic mass is 35.5. The van der Waals surface area contributed by atoms with Gasteiger partial charge in [0, 0.05) is 18.9 Å². The van der Waals surface area contributed by atoms with Crippen molar-refractivity contribution in [1.82, 2.24) is 20.2 Å². The molecule has 0 aliphatic rings. The Morgan fingerprint density at radius 1 is 1.45 bits per heavy atom. The summed E-state index contributed by atoms with van der Waals surface area (Å²) < 4.78 is 5.03. The van der Waals surface area contributed by atoms with Gasteiger partial charge in [0.1, 0.15) is 6.10 Å². The number of carbonyl (C=O) groups excluding carboxylic acids is 1. The molecule has 2 rings (SSSR count). The second kappa shape index (κ2) is 6.47. The highest BCUT2D eigenvalue weighted by Crippen LogP contribution is 2.23. The minimum absolute atomic E-state index is 0.178. The summed E-state index contributed by atoms with van der Waals surface area (Å²) in [4.78, 5) is 12.3. The van der Waals surface area contributed by atoms with E-state index < -0.39 is 0 Å². The van der Waals surface area contributed by atoms with E-state index >= 15 is 0 Å². The lowest BCUT2D eigenvalue weighted by Gasteiger charge is -2.10. The lowest BCUT2D eigenvalue weighted by molar-refractivity contribution is -0.145. The number of aromatic nitrogens is 4. The molecule has 0 saturated heterocycles. The molecule has 6 nitrogen and oxygen atoms in total. The molecule has 0 saturated carbocycles. The fourth-order valence-corrected chi connectivity index (χ4v) is 1.95. The summed E-state index contributed by atoms with van der Waals surface area (Å²) >= 11 is 6.08. The van der Waals surface area contributed by atoms with Gasteiger partial charge >= 0.3 is 5.97 Å². The van der Waals surface area contributed by atoms with E-state index in [1.54, 1.807) is 6.07 Å². The van der Waals surface area contributed by atoms with Crippen LogP contribution in [0.5, 0.6) is 0 Å². The molecule has 0 aliphatic carbocycles. The zero-order valence-electron chi connectivity index (χ0n) is 11.3. The minimum atomic E-state index is -0.291. The summed E-state index contributed by atoms with van der Waals surface area (Å²) in [6, 6.07) is 7.33. The Balaban J connectivity index is 1.99. The second-order valence-electron chi connectivity index (χ2n) is 4.40. The smallest absolute Gasteiger partial charge is 0.302 e. The Morgan fingerprint density at radius 3 is 2.90 bits per heavy atom. The number of esters is 1. The lowest BCUT2D eigenvalue weighted by atomic mass is 10.2. The van der Waals surface area contributed by atoms with Gasteiger partial charge < -0.3 is 4.74 Å². The third-order valence-electron chi connectivity index (χ3n) is 2.67. The Kier molecular flexibility index (Phi) is 4.68. The number of carbonyl (C=O) groups is 1. The molecule has 0 spiro atoms. The monoisotopic (exact) mass is 294 g/mol. The van der Waals surface area contributed by atoms with Crippen molar-refractivity contribution in [3.8, 4) is 11.4 Å². The molecule has 1 aromatic heterocycles. The minimum Gasteiger partial charge on any atom is -0.463 e. The number of halogens is 1. The van der Waals surface area contributed by atoms with Crippen LogP contribution in [-0.2, 0) is 16.1 Å². The van der Waals surface area contributed by atoms with E-state index in [-0.39, 0.29) is 12.1 Å².